The Labute approximate surface area is 97.0 Å². The van der Waals surface area contributed by atoms with Crippen LogP contribution in [0.25, 0.3) is 0 Å². The fourth-order valence-electron chi connectivity index (χ4n) is 2.05. The monoisotopic (exact) mass is 270 g/mol. The predicted octanol–water partition coefficient (Wildman–Crippen LogP) is 1.66. The molecule has 1 rings (SSSR count). The molecule has 1 aliphatic carbocycles. The molecule has 7 heteroatoms. The summed E-state index contributed by atoms with van der Waals surface area (Å²) in [6, 6.07) is 0. The lowest BCUT2D eigenvalue weighted by molar-refractivity contribution is -0.155. The van der Waals surface area contributed by atoms with Gasteiger partial charge >= 0.3 is 0 Å². The molecule has 0 N–H and O–H groups in total. The van der Waals surface area contributed by atoms with Crippen LogP contribution in [-0.4, -0.2) is 23.6 Å². The van der Waals surface area contributed by atoms with Crippen molar-refractivity contribution < 1.29 is 18.4 Å². The van der Waals surface area contributed by atoms with Crippen LogP contribution < -0.4 is 0 Å². The molecule has 1 fully saturated rings. The van der Waals surface area contributed by atoms with Gasteiger partial charge in [-0.3, -0.25) is 4.79 Å². The zero-order valence-corrected chi connectivity index (χ0v) is 12.1. The van der Waals surface area contributed by atoms with Gasteiger partial charge in [-0.25, -0.2) is 0 Å². The Balaban J connectivity index is 2.99. The van der Waals surface area contributed by atoms with Crippen LogP contribution in [0.5, 0.6) is 0 Å². The lowest BCUT2D eigenvalue weighted by atomic mass is 9.78. The molecular weight excluding hydrogens is 253 g/mol. The molecule has 0 aromatic heterocycles. The topological polar surface area (TPSA) is 44.8 Å². The average Bonchev–Trinajstić information content (AvgIpc) is 2.28. The van der Waals surface area contributed by atoms with Crippen molar-refractivity contribution in [2.45, 2.75) is 44.0 Å². The predicted molar refractivity (Wildman–Crippen MR) is 67.2 cm³/mol. The van der Waals surface area contributed by atoms with Crippen LogP contribution in [0.1, 0.15) is 26.2 Å². The lowest BCUT2D eigenvalue weighted by Gasteiger charge is -2.43. The molecule has 0 radical (unpaired) electrons. The van der Waals surface area contributed by atoms with Gasteiger partial charge in [0.15, 0.2) is 11.4 Å². The maximum atomic E-state index is 11.9. The van der Waals surface area contributed by atoms with Crippen molar-refractivity contribution in [1.29, 1.82) is 0 Å². The summed E-state index contributed by atoms with van der Waals surface area (Å²) < 4.78 is 15.8. The van der Waals surface area contributed by atoms with Crippen LogP contribution in [-0.2, 0) is 18.4 Å². The summed E-state index contributed by atoms with van der Waals surface area (Å²) in [6.07, 6.45) is 1.18. The molecular formula is C8H17O4P3. The van der Waals surface area contributed by atoms with Crippen molar-refractivity contribution in [3.8, 4) is 0 Å². The molecule has 3 unspecified atom stereocenters. The first-order valence-electron chi connectivity index (χ1n) is 4.78. The van der Waals surface area contributed by atoms with E-state index >= 15 is 0 Å². The molecule has 0 aromatic carbocycles. The highest BCUT2D eigenvalue weighted by molar-refractivity contribution is 7.10. The molecule has 4 nitrogen and oxygen atoms in total. The molecule has 0 spiro atoms. The van der Waals surface area contributed by atoms with Crippen molar-refractivity contribution >= 4 is 34.2 Å². The summed E-state index contributed by atoms with van der Waals surface area (Å²) in [5, 5.41) is 0. The molecule has 15 heavy (non-hydrogen) atoms. The van der Waals surface area contributed by atoms with E-state index in [1.807, 2.05) is 6.92 Å². The third-order valence-electron chi connectivity index (χ3n) is 2.98. The fraction of sp³-hybridized carbons (Fsp3) is 0.875. The zero-order valence-electron chi connectivity index (χ0n) is 8.64. The fourth-order valence-corrected chi connectivity index (χ4v) is 3.15. The van der Waals surface area contributed by atoms with Gasteiger partial charge in [-0.1, -0.05) is 6.92 Å². The third kappa shape index (κ3) is 2.41. The number of hydrogen-bond acceptors (Lipinski definition) is 4. The van der Waals surface area contributed by atoms with Crippen molar-refractivity contribution in [2.24, 2.45) is 0 Å². The minimum atomic E-state index is -0.897. The first-order valence-corrected chi connectivity index (χ1v) is 6.20. The molecule has 0 amide bonds. The normalized spacial score (nSPS) is 36.9. The molecule has 0 bridgehead atoms. The van der Waals surface area contributed by atoms with Gasteiger partial charge in [0.25, 0.3) is 0 Å². The first kappa shape index (κ1) is 13.9. The van der Waals surface area contributed by atoms with Crippen LogP contribution in [0.4, 0.5) is 0 Å². The molecule has 6 atom stereocenters. The highest BCUT2D eigenvalue weighted by Crippen LogP contribution is 2.38. The third-order valence-corrected chi connectivity index (χ3v) is 4.05. The van der Waals surface area contributed by atoms with Crippen LogP contribution in [0, 0.1) is 0 Å². The number of rotatable bonds is 4. The molecule has 0 aromatic rings. The maximum absolute atomic E-state index is 11.9. The summed E-state index contributed by atoms with van der Waals surface area (Å²) in [7, 11) is 6.57. The minimum absolute atomic E-state index is 0.0748. The second kappa shape index (κ2) is 5.96. The van der Waals surface area contributed by atoms with Gasteiger partial charge in [0, 0.05) is 34.8 Å². The summed E-state index contributed by atoms with van der Waals surface area (Å²) >= 11 is 0. The van der Waals surface area contributed by atoms with Gasteiger partial charge < -0.3 is 13.6 Å². The van der Waals surface area contributed by atoms with Crippen molar-refractivity contribution in [1.82, 2.24) is 0 Å². The number of carbonyl (C=O) groups is 1. The Hall–Kier alpha value is 0.840. The van der Waals surface area contributed by atoms with Gasteiger partial charge in [0.2, 0.25) is 0 Å². The van der Waals surface area contributed by atoms with E-state index in [9.17, 15) is 4.79 Å². The lowest BCUT2D eigenvalue weighted by Crippen LogP contribution is -2.58. The molecule has 88 valence electrons. The molecule has 0 saturated heterocycles. The zero-order chi connectivity index (χ0) is 11.5. The van der Waals surface area contributed by atoms with Crippen LogP contribution in [0.2, 0.25) is 0 Å². The highest BCUT2D eigenvalue weighted by atomic mass is 31.0. The van der Waals surface area contributed by atoms with E-state index in [-0.39, 0.29) is 18.0 Å². The van der Waals surface area contributed by atoms with Gasteiger partial charge in [0.05, 0.1) is 6.10 Å². The highest BCUT2D eigenvalue weighted by Gasteiger charge is 2.52. The standard InChI is InChI=1S/C8H17O4P3/c1-2-8(12-15)6(9)4-3-5(10-13)7(8)11-14/h5,7H,2-4,13-15H2,1H3/t5-,7+,8-/m0/s1. The van der Waals surface area contributed by atoms with Gasteiger partial charge in [-0.15, -0.1) is 0 Å². The van der Waals surface area contributed by atoms with E-state index in [1.165, 1.54) is 0 Å². The number of hydrogen-bond donors (Lipinski definition) is 0. The Kier molecular flexibility index (Phi) is 5.52. The number of Topliss-reactive ketones (excluding diaryl/α,β-unsaturated/α-hetero) is 1. The summed E-state index contributed by atoms with van der Waals surface area (Å²) in [5.41, 5.74) is -0.897. The van der Waals surface area contributed by atoms with E-state index in [0.29, 0.717) is 19.3 Å². The molecule has 1 aliphatic rings. The SMILES string of the molecule is CC[C@]1(OP)C(=O)CC[C@H](OP)[C@H]1OP. The maximum Gasteiger partial charge on any atom is 0.167 e. The first-order chi connectivity index (χ1) is 7.16. The Morgan fingerprint density at radius 1 is 1.40 bits per heavy atom. The number of carbonyl (C=O) groups excluding carboxylic acids is 1. The molecule has 1 saturated carbocycles. The van der Waals surface area contributed by atoms with Crippen molar-refractivity contribution in [3.63, 3.8) is 0 Å². The van der Waals surface area contributed by atoms with E-state index in [1.54, 1.807) is 0 Å². The van der Waals surface area contributed by atoms with E-state index in [0.717, 1.165) is 0 Å². The number of ketones is 1. The Morgan fingerprint density at radius 3 is 2.47 bits per heavy atom. The average molecular weight is 270 g/mol. The van der Waals surface area contributed by atoms with E-state index in [2.05, 4.69) is 28.4 Å². The van der Waals surface area contributed by atoms with Gasteiger partial charge in [-0.2, -0.15) is 0 Å². The largest absolute Gasteiger partial charge is 0.360 e. The van der Waals surface area contributed by atoms with Crippen LogP contribution in [0.15, 0.2) is 0 Å². The molecule has 0 heterocycles. The molecule has 0 aliphatic heterocycles. The van der Waals surface area contributed by atoms with Crippen molar-refractivity contribution in [3.05, 3.63) is 0 Å². The minimum Gasteiger partial charge on any atom is -0.360 e. The summed E-state index contributed by atoms with van der Waals surface area (Å²) in [4.78, 5) is 11.9. The Bertz CT molecular complexity index is 232. The summed E-state index contributed by atoms with van der Waals surface area (Å²) in [6.45, 7) is 1.91. The summed E-state index contributed by atoms with van der Waals surface area (Å²) in [5.74, 6) is 0.0748. The quantitative estimate of drug-likeness (QED) is 0.729. The van der Waals surface area contributed by atoms with Gasteiger partial charge in [-0.05, 0) is 12.8 Å². The van der Waals surface area contributed by atoms with E-state index in [4.69, 9.17) is 13.6 Å². The smallest absolute Gasteiger partial charge is 0.167 e. The van der Waals surface area contributed by atoms with E-state index < -0.39 is 5.60 Å². The second-order valence-electron chi connectivity index (χ2n) is 3.55. The van der Waals surface area contributed by atoms with Crippen LogP contribution in [0.3, 0.4) is 0 Å². The Morgan fingerprint density at radius 2 is 2.07 bits per heavy atom. The van der Waals surface area contributed by atoms with Crippen LogP contribution >= 0.6 is 28.4 Å². The second-order valence-corrected chi connectivity index (χ2v) is 4.33. The van der Waals surface area contributed by atoms with Gasteiger partial charge in [0.1, 0.15) is 6.10 Å². The van der Waals surface area contributed by atoms with Crippen molar-refractivity contribution in [2.75, 3.05) is 0 Å².